The highest BCUT2D eigenvalue weighted by molar-refractivity contribution is 5.88. The van der Waals surface area contributed by atoms with E-state index in [0.29, 0.717) is 5.91 Å². The maximum absolute atomic E-state index is 12.8. The maximum atomic E-state index is 12.8. The average Bonchev–Trinajstić information content (AvgIpc) is 2.79. The van der Waals surface area contributed by atoms with Crippen molar-refractivity contribution in [3.8, 4) is 0 Å². The van der Waals surface area contributed by atoms with Gasteiger partial charge in [-0.05, 0) is 58.6 Å². The van der Waals surface area contributed by atoms with E-state index in [1.807, 2.05) is 4.90 Å². The largest absolute Gasteiger partial charge is 0.359 e. The van der Waals surface area contributed by atoms with E-state index in [1.54, 1.807) is 0 Å². The predicted octanol–water partition coefficient (Wildman–Crippen LogP) is 3.15. The van der Waals surface area contributed by atoms with Crippen LogP contribution in [-0.4, -0.2) is 35.5 Å². The lowest BCUT2D eigenvalue weighted by atomic mass is 9.97. The third kappa shape index (κ3) is 2.54. The van der Waals surface area contributed by atoms with E-state index >= 15 is 0 Å². The van der Waals surface area contributed by atoms with Gasteiger partial charge >= 0.3 is 0 Å². The molecule has 3 rings (SSSR count). The molecule has 114 valence electrons. The van der Waals surface area contributed by atoms with Crippen molar-refractivity contribution in [1.29, 1.82) is 0 Å². The molecule has 2 aliphatic heterocycles. The van der Waals surface area contributed by atoms with E-state index in [0.717, 1.165) is 32.4 Å². The minimum Gasteiger partial charge on any atom is -0.359 e. The zero-order valence-corrected chi connectivity index (χ0v) is 13.6. The molecule has 1 aromatic carbocycles. The Balaban J connectivity index is 1.88. The Morgan fingerprint density at radius 1 is 1.19 bits per heavy atom. The second kappa shape index (κ2) is 5.04. The summed E-state index contributed by atoms with van der Waals surface area (Å²) >= 11 is 0. The predicted molar refractivity (Wildman–Crippen MR) is 86.7 cm³/mol. The summed E-state index contributed by atoms with van der Waals surface area (Å²) in [5.41, 5.74) is 3.92. The highest BCUT2D eigenvalue weighted by Crippen LogP contribution is 2.34. The molecule has 0 spiro atoms. The number of hydrogen-bond acceptors (Lipinski definition) is 2. The molecular formula is C18H26N2O. The van der Waals surface area contributed by atoms with Gasteiger partial charge in [-0.15, -0.1) is 0 Å². The van der Waals surface area contributed by atoms with Crippen molar-refractivity contribution in [2.75, 3.05) is 18.0 Å². The summed E-state index contributed by atoms with van der Waals surface area (Å²) < 4.78 is 0. The molecule has 1 aromatic rings. The van der Waals surface area contributed by atoms with Gasteiger partial charge in [0.25, 0.3) is 0 Å². The zero-order valence-electron chi connectivity index (χ0n) is 13.6. The molecular weight excluding hydrogens is 260 g/mol. The van der Waals surface area contributed by atoms with Crippen LogP contribution in [0.3, 0.4) is 0 Å². The van der Waals surface area contributed by atoms with Crippen LogP contribution in [0.4, 0.5) is 5.69 Å². The molecule has 2 aliphatic rings. The summed E-state index contributed by atoms with van der Waals surface area (Å²) in [6.45, 7) is 10.4. The number of carbonyl (C=O) groups is 1. The van der Waals surface area contributed by atoms with E-state index in [2.05, 4.69) is 50.8 Å². The van der Waals surface area contributed by atoms with E-state index in [1.165, 1.54) is 16.8 Å². The second-order valence-corrected chi connectivity index (χ2v) is 7.39. The molecule has 0 N–H and O–H groups in total. The Kier molecular flexibility index (Phi) is 3.46. The van der Waals surface area contributed by atoms with E-state index in [4.69, 9.17) is 0 Å². The van der Waals surface area contributed by atoms with E-state index in [9.17, 15) is 4.79 Å². The standard InChI is InChI=1S/C18H26N2O/c1-13-7-8-15-14(12-13)6-5-10-19(15)16-9-11-20(17(16)21)18(2,3)4/h7-8,12,16H,5-6,9-11H2,1-4H3. The summed E-state index contributed by atoms with van der Waals surface area (Å²) in [5, 5.41) is 0. The maximum Gasteiger partial charge on any atom is 0.245 e. The topological polar surface area (TPSA) is 23.6 Å². The normalized spacial score (nSPS) is 22.7. The van der Waals surface area contributed by atoms with Crippen molar-refractivity contribution in [1.82, 2.24) is 4.90 Å². The average molecular weight is 286 g/mol. The molecule has 0 bridgehead atoms. The molecule has 0 aromatic heterocycles. The Labute approximate surface area is 127 Å². The van der Waals surface area contributed by atoms with Crippen LogP contribution in [0, 0.1) is 6.92 Å². The minimum atomic E-state index is -0.0717. The Morgan fingerprint density at radius 2 is 1.95 bits per heavy atom. The Morgan fingerprint density at radius 3 is 2.62 bits per heavy atom. The monoisotopic (exact) mass is 286 g/mol. The number of anilines is 1. The van der Waals surface area contributed by atoms with Gasteiger partial charge in [0.2, 0.25) is 5.91 Å². The van der Waals surface area contributed by atoms with Crippen LogP contribution in [-0.2, 0) is 11.2 Å². The lowest BCUT2D eigenvalue weighted by molar-refractivity contribution is -0.132. The van der Waals surface area contributed by atoms with Gasteiger partial charge in [-0.25, -0.2) is 0 Å². The number of rotatable bonds is 1. The first-order valence-corrected chi connectivity index (χ1v) is 8.05. The molecule has 2 heterocycles. The van der Waals surface area contributed by atoms with Gasteiger partial charge in [0.1, 0.15) is 6.04 Å². The lowest BCUT2D eigenvalue weighted by Crippen LogP contribution is -2.49. The van der Waals surface area contributed by atoms with Crippen LogP contribution >= 0.6 is 0 Å². The van der Waals surface area contributed by atoms with Gasteiger partial charge in [0, 0.05) is 24.3 Å². The number of benzene rings is 1. The molecule has 1 saturated heterocycles. The number of aryl methyl sites for hydroxylation is 2. The highest BCUT2D eigenvalue weighted by Gasteiger charge is 2.41. The van der Waals surface area contributed by atoms with Gasteiger partial charge in [-0.2, -0.15) is 0 Å². The molecule has 1 atom stereocenters. The number of amides is 1. The van der Waals surface area contributed by atoms with Crippen LogP contribution in [0.5, 0.6) is 0 Å². The number of carbonyl (C=O) groups excluding carboxylic acids is 1. The summed E-state index contributed by atoms with van der Waals surface area (Å²) in [4.78, 5) is 17.2. The zero-order chi connectivity index (χ0) is 15.2. The van der Waals surface area contributed by atoms with Gasteiger partial charge in [-0.1, -0.05) is 17.7 Å². The number of nitrogens with zero attached hydrogens (tertiary/aromatic N) is 2. The molecule has 0 aliphatic carbocycles. The summed E-state index contributed by atoms with van der Waals surface area (Å²) in [5.74, 6) is 0.302. The molecule has 0 radical (unpaired) electrons. The van der Waals surface area contributed by atoms with Crippen LogP contribution in [0.1, 0.15) is 44.7 Å². The molecule has 1 amide bonds. The van der Waals surface area contributed by atoms with Gasteiger partial charge < -0.3 is 9.80 Å². The fourth-order valence-electron chi connectivity index (χ4n) is 3.70. The van der Waals surface area contributed by atoms with Crippen molar-refractivity contribution >= 4 is 11.6 Å². The SMILES string of the molecule is Cc1ccc2c(c1)CCCN2C1CCN(C(C)(C)C)C1=O. The quantitative estimate of drug-likeness (QED) is 0.792. The third-order valence-electron chi connectivity index (χ3n) is 4.75. The van der Waals surface area contributed by atoms with Crippen molar-refractivity contribution in [3.63, 3.8) is 0 Å². The van der Waals surface area contributed by atoms with E-state index < -0.39 is 0 Å². The molecule has 21 heavy (non-hydrogen) atoms. The van der Waals surface area contributed by atoms with Gasteiger partial charge in [-0.3, -0.25) is 4.79 Å². The lowest BCUT2D eigenvalue weighted by Gasteiger charge is -2.37. The number of likely N-dealkylation sites (tertiary alicyclic amines) is 1. The smallest absolute Gasteiger partial charge is 0.245 e. The molecule has 0 saturated carbocycles. The van der Waals surface area contributed by atoms with Crippen LogP contribution < -0.4 is 4.90 Å². The highest BCUT2D eigenvalue weighted by atomic mass is 16.2. The fourth-order valence-corrected chi connectivity index (χ4v) is 3.70. The van der Waals surface area contributed by atoms with Crippen molar-refractivity contribution in [3.05, 3.63) is 29.3 Å². The number of hydrogen-bond donors (Lipinski definition) is 0. The van der Waals surface area contributed by atoms with Crippen LogP contribution in [0.15, 0.2) is 18.2 Å². The van der Waals surface area contributed by atoms with Crippen molar-refractivity contribution in [2.45, 2.75) is 58.5 Å². The summed E-state index contributed by atoms with van der Waals surface area (Å²) in [7, 11) is 0. The Bertz CT molecular complexity index is 559. The van der Waals surface area contributed by atoms with Crippen LogP contribution in [0.25, 0.3) is 0 Å². The fraction of sp³-hybridized carbons (Fsp3) is 0.611. The Hall–Kier alpha value is -1.51. The summed E-state index contributed by atoms with van der Waals surface area (Å²) in [6, 6.07) is 6.68. The number of fused-ring (bicyclic) bond motifs is 1. The molecule has 1 unspecified atom stereocenters. The van der Waals surface area contributed by atoms with Crippen molar-refractivity contribution in [2.24, 2.45) is 0 Å². The van der Waals surface area contributed by atoms with Crippen molar-refractivity contribution < 1.29 is 4.79 Å². The third-order valence-corrected chi connectivity index (χ3v) is 4.75. The van der Waals surface area contributed by atoms with E-state index in [-0.39, 0.29) is 11.6 Å². The van der Waals surface area contributed by atoms with Gasteiger partial charge in [0.05, 0.1) is 0 Å². The first-order chi connectivity index (χ1) is 9.88. The summed E-state index contributed by atoms with van der Waals surface area (Å²) in [6.07, 6.45) is 3.23. The first kappa shape index (κ1) is 14.4. The molecule has 3 heteroatoms. The minimum absolute atomic E-state index is 0.0333. The van der Waals surface area contributed by atoms with Crippen LogP contribution in [0.2, 0.25) is 0 Å². The molecule has 3 nitrogen and oxygen atoms in total. The first-order valence-electron chi connectivity index (χ1n) is 8.05. The molecule has 1 fully saturated rings. The second-order valence-electron chi connectivity index (χ2n) is 7.39. The van der Waals surface area contributed by atoms with Gasteiger partial charge in [0.15, 0.2) is 0 Å².